The van der Waals surface area contributed by atoms with E-state index in [-0.39, 0.29) is 6.42 Å². The van der Waals surface area contributed by atoms with Crippen LogP contribution < -0.4 is 10.6 Å². The van der Waals surface area contributed by atoms with Gasteiger partial charge in [0.25, 0.3) is 0 Å². The van der Waals surface area contributed by atoms with Gasteiger partial charge in [-0.3, -0.25) is 4.79 Å². The number of hydrogen-bond donors (Lipinski definition) is 2. The van der Waals surface area contributed by atoms with Crippen molar-refractivity contribution in [2.45, 2.75) is 13.3 Å². The summed E-state index contributed by atoms with van der Waals surface area (Å²) in [5.74, 6) is -2.03. The highest BCUT2D eigenvalue weighted by Crippen LogP contribution is 2.20. The minimum absolute atomic E-state index is 0.100. The Kier molecular flexibility index (Phi) is 5.49. The molecule has 3 nitrogen and oxygen atoms in total. The zero-order valence-electron chi connectivity index (χ0n) is 11.9. The highest BCUT2D eigenvalue weighted by molar-refractivity contribution is 9.10. The van der Waals surface area contributed by atoms with E-state index in [4.69, 9.17) is 0 Å². The second kappa shape index (κ2) is 7.35. The lowest BCUT2D eigenvalue weighted by molar-refractivity contribution is -0.116. The molecule has 0 aliphatic carbocycles. The Morgan fingerprint density at radius 3 is 2.50 bits per heavy atom. The number of halogens is 3. The third-order valence-electron chi connectivity index (χ3n) is 3.08. The molecule has 0 fully saturated rings. The number of para-hydroxylation sites is 1. The standard InChI is InChI=1S/C16H15BrF2N2O/c1-10-9-11(17)5-6-14(10)20-8-7-15(22)21-16-12(18)3-2-4-13(16)19/h2-6,9,20H,7-8H2,1H3,(H,21,22). The first-order valence-electron chi connectivity index (χ1n) is 6.71. The summed E-state index contributed by atoms with van der Waals surface area (Å²) < 4.78 is 27.8. The van der Waals surface area contributed by atoms with Crippen LogP contribution in [0.2, 0.25) is 0 Å². The third-order valence-corrected chi connectivity index (χ3v) is 3.58. The Hall–Kier alpha value is -1.95. The van der Waals surface area contributed by atoms with E-state index < -0.39 is 23.2 Å². The molecule has 2 aromatic carbocycles. The topological polar surface area (TPSA) is 41.1 Å². The first-order valence-corrected chi connectivity index (χ1v) is 7.50. The summed E-state index contributed by atoms with van der Waals surface area (Å²) in [5.41, 5.74) is 1.54. The lowest BCUT2D eigenvalue weighted by atomic mass is 10.2. The van der Waals surface area contributed by atoms with Crippen molar-refractivity contribution in [3.8, 4) is 0 Å². The van der Waals surface area contributed by atoms with Crippen molar-refractivity contribution in [1.29, 1.82) is 0 Å². The molecule has 2 rings (SSSR count). The van der Waals surface area contributed by atoms with Crippen LogP contribution in [0.3, 0.4) is 0 Å². The Morgan fingerprint density at radius 2 is 1.86 bits per heavy atom. The second-order valence-corrected chi connectivity index (χ2v) is 5.70. The molecule has 0 aliphatic rings. The molecule has 0 bridgehead atoms. The van der Waals surface area contributed by atoms with E-state index in [1.165, 1.54) is 6.07 Å². The molecular formula is C16H15BrF2N2O. The Labute approximate surface area is 135 Å². The first-order chi connectivity index (χ1) is 10.5. The monoisotopic (exact) mass is 368 g/mol. The van der Waals surface area contributed by atoms with Crippen molar-refractivity contribution in [3.63, 3.8) is 0 Å². The van der Waals surface area contributed by atoms with Crippen molar-refractivity contribution in [1.82, 2.24) is 0 Å². The lowest BCUT2D eigenvalue weighted by Crippen LogP contribution is -2.18. The number of rotatable bonds is 5. The predicted molar refractivity (Wildman–Crippen MR) is 87.0 cm³/mol. The van der Waals surface area contributed by atoms with Crippen LogP contribution in [-0.4, -0.2) is 12.5 Å². The van der Waals surface area contributed by atoms with Crippen molar-refractivity contribution >= 4 is 33.2 Å². The van der Waals surface area contributed by atoms with Crippen LogP contribution in [0.15, 0.2) is 40.9 Å². The number of carbonyl (C=O) groups is 1. The van der Waals surface area contributed by atoms with Gasteiger partial charge in [-0.15, -0.1) is 0 Å². The fourth-order valence-electron chi connectivity index (χ4n) is 1.96. The Balaban J connectivity index is 1.88. The molecule has 0 spiro atoms. The molecule has 0 saturated carbocycles. The van der Waals surface area contributed by atoms with Crippen LogP contribution in [0.1, 0.15) is 12.0 Å². The zero-order chi connectivity index (χ0) is 16.1. The minimum atomic E-state index is -0.787. The van der Waals surface area contributed by atoms with Crippen LogP contribution in [0.5, 0.6) is 0 Å². The molecule has 0 aliphatic heterocycles. The van der Waals surface area contributed by atoms with Gasteiger partial charge in [-0.25, -0.2) is 8.78 Å². The summed E-state index contributed by atoms with van der Waals surface area (Å²) in [6.07, 6.45) is 0.100. The third kappa shape index (κ3) is 4.27. The van der Waals surface area contributed by atoms with E-state index in [0.717, 1.165) is 27.9 Å². The summed E-state index contributed by atoms with van der Waals surface area (Å²) in [6.45, 7) is 2.31. The van der Waals surface area contributed by atoms with Gasteiger partial charge in [-0.05, 0) is 42.8 Å². The molecule has 0 heterocycles. The van der Waals surface area contributed by atoms with Crippen LogP contribution in [0.4, 0.5) is 20.2 Å². The van der Waals surface area contributed by atoms with Gasteiger partial charge >= 0.3 is 0 Å². The maximum absolute atomic E-state index is 13.4. The maximum Gasteiger partial charge on any atom is 0.226 e. The quantitative estimate of drug-likeness (QED) is 0.816. The van der Waals surface area contributed by atoms with E-state index in [0.29, 0.717) is 6.54 Å². The summed E-state index contributed by atoms with van der Waals surface area (Å²) in [6, 6.07) is 9.19. The highest BCUT2D eigenvalue weighted by Gasteiger charge is 2.11. The molecule has 0 atom stereocenters. The van der Waals surface area contributed by atoms with Gasteiger partial charge in [0.1, 0.15) is 17.3 Å². The molecule has 2 aromatic rings. The molecule has 0 saturated heterocycles. The number of carbonyl (C=O) groups excluding carboxylic acids is 1. The van der Waals surface area contributed by atoms with Crippen molar-refractivity contribution < 1.29 is 13.6 Å². The number of anilines is 2. The number of benzene rings is 2. The molecule has 22 heavy (non-hydrogen) atoms. The van der Waals surface area contributed by atoms with Crippen LogP contribution in [0.25, 0.3) is 0 Å². The second-order valence-electron chi connectivity index (χ2n) is 4.78. The SMILES string of the molecule is Cc1cc(Br)ccc1NCCC(=O)Nc1c(F)cccc1F. The predicted octanol–water partition coefficient (Wildman–Crippen LogP) is 4.48. The van der Waals surface area contributed by atoms with E-state index in [9.17, 15) is 13.6 Å². The van der Waals surface area contributed by atoms with Gasteiger partial charge in [0.05, 0.1) is 0 Å². The fourth-order valence-corrected chi connectivity index (χ4v) is 2.43. The average molecular weight is 369 g/mol. The largest absolute Gasteiger partial charge is 0.384 e. The average Bonchev–Trinajstić information content (AvgIpc) is 2.45. The molecule has 0 unspecified atom stereocenters. The first kappa shape index (κ1) is 16.4. The number of aryl methyl sites for hydroxylation is 1. The van der Waals surface area contributed by atoms with Gasteiger partial charge in [-0.2, -0.15) is 0 Å². The summed E-state index contributed by atoms with van der Waals surface area (Å²) in [7, 11) is 0. The molecule has 116 valence electrons. The van der Waals surface area contributed by atoms with Crippen molar-refractivity contribution in [2.75, 3.05) is 17.2 Å². The van der Waals surface area contributed by atoms with E-state index in [2.05, 4.69) is 26.6 Å². The van der Waals surface area contributed by atoms with Crippen molar-refractivity contribution in [3.05, 3.63) is 58.1 Å². The summed E-state index contributed by atoms with van der Waals surface area (Å²) in [5, 5.41) is 5.37. The van der Waals surface area contributed by atoms with Gasteiger partial charge in [-0.1, -0.05) is 22.0 Å². The van der Waals surface area contributed by atoms with E-state index in [1.54, 1.807) is 0 Å². The van der Waals surface area contributed by atoms with Gasteiger partial charge < -0.3 is 10.6 Å². The molecule has 0 radical (unpaired) electrons. The zero-order valence-corrected chi connectivity index (χ0v) is 13.5. The Bertz CT molecular complexity index is 672. The van der Waals surface area contributed by atoms with E-state index >= 15 is 0 Å². The summed E-state index contributed by atoms with van der Waals surface area (Å²) in [4.78, 5) is 11.8. The molecule has 0 aromatic heterocycles. The number of hydrogen-bond acceptors (Lipinski definition) is 2. The molecule has 1 amide bonds. The number of amides is 1. The lowest BCUT2D eigenvalue weighted by Gasteiger charge is -2.11. The van der Waals surface area contributed by atoms with Gasteiger partial charge in [0, 0.05) is 23.1 Å². The number of nitrogens with one attached hydrogen (secondary N) is 2. The molecule has 2 N–H and O–H groups in total. The molecule has 6 heteroatoms. The highest BCUT2D eigenvalue weighted by atomic mass is 79.9. The van der Waals surface area contributed by atoms with Crippen LogP contribution in [0, 0.1) is 18.6 Å². The minimum Gasteiger partial charge on any atom is -0.384 e. The fraction of sp³-hybridized carbons (Fsp3) is 0.188. The van der Waals surface area contributed by atoms with Crippen LogP contribution in [-0.2, 0) is 4.79 Å². The van der Waals surface area contributed by atoms with Gasteiger partial charge in [0.15, 0.2) is 0 Å². The summed E-state index contributed by atoms with van der Waals surface area (Å²) >= 11 is 3.38. The normalized spacial score (nSPS) is 10.4. The van der Waals surface area contributed by atoms with Crippen LogP contribution >= 0.6 is 15.9 Å². The maximum atomic E-state index is 13.4. The van der Waals surface area contributed by atoms with E-state index in [1.807, 2.05) is 25.1 Å². The molecular weight excluding hydrogens is 354 g/mol. The Morgan fingerprint density at radius 1 is 1.18 bits per heavy atom. The van der Waals surface area contributed by atoms with Crippen molar-refractivity contribution in [2.24, 2.45) is 0 Å². The smallest absolute Gasteiger partial charge is 0.226 e. The van der Waals surface area contributed by atoms with Gasteiger partial charge in [0.2, 0.25) is 5.91 Å².